The van der Waals surface area contributed by atoms with Crippen LogP contribution >= 0.6 is 15.9 Å². The number of nitrogens with one attached hydrogen (secondary N) is 1. The number of likely N-dealkylation sites (tertiary alicyclic amines) is 1. The zero-order valence-corrected chi connectivity index (χ0v) is 13.6. The van der Waals surface area contributed by atoms with E-state index in [1.807, 2.05) is 25.1 Å². The van der Waals surface area contributed by atoms with Gasteiger partial charge < -0.3 is 10.0 Å². The first-order valence-electron chi connectivity index (χ1n) is 7.14. The van der Waals surface area contributed by atoms with Gasteiger partial charge in [-0.25, -0.2) is 0 Å². The van der Waals surface area contributed by atoms with E-state index >= 15 is 0 Å². The second-order valence-corrected chi connectivity index (χ2v) is 6.60. The number of hydrogen-bond acceptors (Lipinski definition) is 3. The van der Waals surface area contributed by atoms with Crippen molar-refractivity contribution in [2.24, 2.45) is 5.92 Å². The Hall–Kier alpha value is -1.89. The molecule has 0 saturated carbocycles. The van der Waals surface area contributed by atoms with Crippen LogP contribution in [0.1, 0.15) is 30.3 Å². The number of aliphatic carboxylic acids is 1. The van der Waals surface area contributed by atoms with Gasteiger partial charge in [0.2, 0.25) is 0 Å². The van der Waals surface area contributed by atoms with Crippen molar-refractivity contribution >= 4 is 38.7 Å². The molecule has 6 nitrogen and oxygen atoms in total. The minimum Gasteiger partial charge on any atom is -0.481 e. The monoisotopic (exact) mass is 365 g/mol. The van der Waals surface area contributed by atoms with Crippen LogP contribution in [0.3, 0.4) is 0 Å². The van der Waals surface area contributed by atoms with Crippen molar-refractivity contribution in [3.63, 3.8) is 0 Å². The van der Waals surface area contributed by atoms with Crippen LogP contribution in [0.25, 0.3) is 10.9 Å². The van der Waals surface area contributed by atoms with E-state index < -0.39 is 11.9 Å². The zero-order chi connectivity index (χ0) is 15.9. The fourth-order valence-electron chi connectivity index (χ4n) is 2.88. The Labute approximate surface area is 135 Å². The van der Waals surface area contributed by atoms with Gasteiger partial charge in [-0.05, 0) is 38.0 Å². The first-order valence-corrected chi connectivity index (χ1v) is 7.94. The SMILES string of the molecule is CC1CCC(C(=O)O)CN1C(=O)c1n[nH]c2ccc(Br)cc12. The largest absolute Gasteiger partial charge is 0.481 e. The summed E-state index contributed by atoms with van der Waals surface area (Å²) in [6.07, 6.45) is 1.29. The minimum atomic E-state index is -0.848. The Morgan fingerprint density at radius 2 is 2.18 bits per heavy atom. The lowest BCUT2D eigenvalue weighted by atomic mass is 9.93. The number of fused-ring (bicyclic) bond motifs is 1. The third-order valence-electron chi connectivity index (χ3n) is 4.22. The van der Waals surface area contributed by atoms with Crippen LogP contribution < -0.4 is 0 Å². The highest BCUT2D eigenvalue weighted by Gasteiger charge is 2.34. The average Bonchev–Trinajstić information content (AvgIpc) is 2.89. The van der Waals surface area contributed by atoms with Crippen LogP contribution in [0.15, 0.2) is 22.7 Å². The van der Waals surface area contributed by atoms with E-state index in [2.05, 4.69) is 26.1 Å². The fraction of sp³-hybridized carbons (Fsp3) is 0.400. The molecule has 116 valence electrons. The topological polar surface area (TPSA) is 86.3 Å². The van der Waals surface area contributed by atoms with E-state index in [0.29, 0.717) is 18.5 Å². The molecule has 22 heavy (non-hydrogen) atoms. The number of rotatable bonds is 2. The predicted octanol–water partition coefficient (Wildman–Crippen LogP) is 2.65. The maximum Gasteiger partial charge on any atom is 0.308 e. The van der Waals surface area contributed by atoms with E-state index in [4.69, 9.17) is 0 Å². The van der Waals surface area contributed by atoms with E-state index in [9.17, 15) is 14.7 Å². The van der Waals surface area contributed by atoms with Gasteiger partial charge in [0, 0.05) is 22.4 Å². The highest BCUT2D eigenvalue weighted by Crippen LogP contribution is 2.27. The van der Waals surface area contributed by atoms with E-state index in [1.54, 1.807) is 4.90 Å². The molecule has 0 aliphatic carbocycles. The van der Waals surface area contributed by atoms with Crippen molar-refractivity contribution in [1.29, 1.82) is 0 Å². The first-order chi connectivity index (χ1) is 10.5. The Morgan fingerprint density at radius 1 is 1.41 bits per heavy atom. The summed E-state index contributed by atoms with van der Waals surface area (Å²) in [5.41, 5.74) is 1.13. The quantitative estimate of drug-likeness (QED) is 0.856. The van der Waals surface area contributed by atoms with Gasteiger partial charge in [0.25, 0.3) is 5.91 Å². The number of carboxylic acid groups (broad SMARTS) is 1. The Balaban J connectivity index is 1.94. The molecule has 7 heteroatoms. The van der Waals surface area contributed by atoms with Gasteiger partial charge >= 0.3 is 5.97 Å². The van der Waals surface area contributed by atoms with Gasteiger partial charge in [-0.15, -0.1) is 0 Å². The molecule has 2 N–H and O–H groups in total. The summed E-state index contributed by atoms with van der Waals surface area (Å²) in [7, 11) is 0. The maximum absolute atomic E-state index is 12.8. The molecular weight excluding hydrogens is 350 g/mol. The standard InChI is InChI=1S/C15H16BrN3O3/c1-8-2-3-9(15(21)22)7-19(8)14(20)13-11-6-10(16)4-5-12(11)17-18-13/h4-6,8-9H,2-3,7H2,1H3,(H,17,18)(H,21,22). The highest BCUT2D eigenvalue weighted by atomic mass is 79.9. The number of carbonyl (C=O) groups excluding carboxylic acids is 1. The maximum atomic E-state index is 12.8. The molecule has 0 radical (unpaired) electrons. The summed E-state index contributed by atoms with van der Waals surface area (Å²) in [5.74, 6) is -1.57. The van der Waals surface area contributed by atoms with Gasteiger partial charge in [-0.2, -0.15) is 5.10 Å². The third kappa shape index (κ3) is 2.61. The lowest BCUT2D eigenvalue weighted by Crippen LogP contribution is -2.47. The predicted molar refractivity (Wildman–Crippen MR) is 84.7 cm³/mol. The van der Waals surface area contributed by atoms with Crippen LogP contribution in [0.4, 0.5) is 0 Å². The molecule has 2 heterocycles. The number of aromatic nitrogens is 2. The molecule has 1 aliphatic heterocycles. The molecule has 1 aliphatic rings. The number of carboxylic acids is 1. The zero-order valence-electron chi connectivity index (χ0n) is 12.0. The molecule has 2 atom stereocenters. The number of H-pyrrole nitrogens is 1. The van der Waals surface area contributed by atoms with Gasteiger partial charge in [0.1, 0.15) is 0 Å². The molecule has 1 aromatic carbocycles. The smallest absolute Gasteiger partial charge is 0.308 e. The number of aromatic amines is 1. The van der Waals surface area contributed by atoms with Crippen molar-refractivity contribution in [2.75, 3.05) is 6.54 Å². The number of nitrogens with zero attached hydrogens (tertiary/aromatic N) is 2. The molecule has 0 bridgehead atoms. The normalized spacial score (nSPS) is 22.0. The van der Waals surface area contributed by atoms with Gasteiger partial charge in [-0.1, -0.05) is 15.9 Å². The van der Waals surface area contributed by atoms with Gasteiger partial charge in [0.15, 0.2) is 5.69 Å². The summed E-state index contributed by atoms with van der Waals surface area (Å²) in [4.78, 5) is 25.6. The van der Waals surface area contributed by atoms with Crippen molar-refractivity contribution in [3.8, 4) is 0 Å². The molecule has 1 saturated heterocycles. The number of benzene rings is 1. The van der Waals surface area contributed by atoms with Crippen molar-refractivity contribution < 1.29 is 14.7 Å². The second kappa shape index (κ2) is 5.72. The number of piperidine rings is 1. The Morgan fingerprint density at radius 3 is 2.91 bits per heavy atom. The molecule has 2 aromatic rings. The van der Waals surface area contributed by atoms with Gasteiger partial charge in [-0.3, -0.25) is 14.7 Å². The van der Waals surface area contributed by atoms with E-state index in [0.717, 1.165) is 15.4 Å². The van der Waals surface area contributed by atoms with Crippen molar-refractivity contribution in [3.05, 3.63) is 28.4 Å². The molecule has 1 amide bonds. The summed E-state index contributed by atoms with van der Waals surface area (Å²) in [5, 5.41) is 16.9. The van der Waals surface area contributed by atoms with Crippen LogP contribution in [-0.4, -0.2) is 44.7 Å². The highest BCUT2D eigenvalue weighted by molar-refractivity contribution is 9.10. The molecule has 1 fully saturated rings. The number of halogens is 1. The Kier molecular flexibility index (Phi) is 3.90. The first kappa shape index (κ1) is 15.0. The lowest BCUT2D eigenvalue weighted by molar-refractivity contribution is -0.143. The van der Waals surface area contributed by atoms with Gasteiger partial charge in [0.05, 0.1) is 11.4 Å². The third-order valence-corrected chi connectivity index (χ3v) is 4.71. The average molecular weight is 366 g/mol. The summed E-state index contributed by atoms with van der Waals surface area (Å²) < 4.78 is 0.866. The van der Waals surface area contributed by atoms with E-state index in [-0.39, 0.29) is 18.5 Å². The van der Waals surface area contributed by atoms with Crippen LogP contribution in [0.5, 0.6) is 0 Å². The summed E-state index contributed by atoms with van der Waals surface area (Å²) >= 11 is 3.39. The fourth-order valence-corrected chi connectivity index (χ4v) is 3.24. The molecule has 2 unspecified atom stereocenters. The molecule has 1 aromatic heterocycles. The van der Waals surface area contributed by atoms with Crippen molar-refractivity contribution in [2.45, 2.75) is 25.8 Å². The van der Waals surface area contributed by atoms with Crippen LogP contribution in [-0.2, 0) is 4.79 Å². The molecular formula is C15H16BrN3O3. The second-order valence-electron chi connectivity index (χ2n) is 5.68. The molecule has 0 spiro atoms. The summed E-state index contributed by atoms with van der Waals surface area (Å²) in [6, 6.07) is 5.58. The van der Waals surface area contributed by atoms with Crippen LogP contribution in [0.2, 0.25) is 0 Å². The van der Waals surface area contributed by atoms with Crippen molar-refractivity contribution in [1.82, 2.24) is 15.1 Å². The van der Waals surface area contributed by atoms with E-state index in [1.165, 1.54) is 0 Å². The number of carbonyl (C=O) groups is 2. The summed E-state index contributed by atoms with van der Waals surface area (Å²) in [6.45, 7) is 2.18. The number of amides is 1. The Bertz CT molecular complexity index is 743. The minimum absolute atomic E-state index is 0.0157. The molecule has 3 rings (SSSR count). The number of hydrogen-bond donors (Lipinski definition) is 2. The van der Waals surface area contributed by atoms with Crippen LogP contribution in [0, 0.1) is 5.92 Å². The lowest BCUT2D eigenvalue weighted by Gasteiger charge is -2.36.